The molecule has 1 fully saturated rings. The van der Waals surface area contributed by atoms with E-state index in [4.69, 9.17) is 4.52 Å². The number of hydrogen-bond donors (Lipinski definition) is 1. The molecule has 6 heteroatoms. The molecule has 3 rings (SSSR count). The number of rotatable bonds is 4. The van der Waals surface area contributed by atoms with Gasteiger partial charge >= 0.3 is 6.03 Å². The van der Waals surface area contributed by atoms with Crippen molar-refractivity contribution in [1.29, 1.82) is 0 Å². The SMILES string of the molecule is CC(C)c1cc(CNC(=O)N2CCCC[C@H]2c2cccc(F)c2)no1. The average molecular weight is 345 g/mol. The summed E-state index contributed by atoms with van der Waals surface area (Å²) in [5.41, 5.74) is 1.55. The number of piperidine rings is 1. The van der Waals surface area contributed by atoms with Crippen molar-refractivity contribution < 1.29 is 13.7 Å². The number of carbonyl (C=O) groups excluding carboxylic acids is 1. The zero-order valence-electron chi connectivity index (χ0n) is 14.7. The first-order valence-electron chi connectivity index (χ1n) is 8.80. The maximum Gasteiger partial charge on any atom is 0.318 e. The van der Waals surface area contributed by atoms with Crippen LogP contribution in [0.1, 0.15) is 62.1 Å². The first-order chi connectivity index (χ1) is 12.0. The van der Waals surface area contributed by atoms with E-state index < -0.39 is 0 Å². The number of carbonyl (C=O) groups is 1. The zero-order valence-corrected chi connectivity index (χ0v) is 14.7. The van der Waals surface area contributed by atoms with Crippen LogP contribution in [0.25, 0.3) is 0 Å². The van der Waals surface area contributed by atoms with Crippen LogP contribution in [-0.4, -0.2) is 22.6 Å². The predicted molar refractivity (Wildman–Crippen MR) is 92.5 cm³/mol. The van der Waals surface area contributed by atoms with Crippen LogP contribution in [0.3, 0.4) is 0 Å². The number of benzene rings is 1. The maximum atomic E-state index is 13.5. The van der Waals surface area contributed by atoms with E-state index in [1.54, 1.807) is 11.0 Å². The minimum absolute atomic E-state index is 0.0898. The highest BCUT2D eigenvalue weighted by Gasteiger charge is 2.28. The lowest BCUT2D eigenvalue weighted by Crippen LogP contribution is -2.44. The minimum Gasteiger partial charge on any atom is -0.361 e. The van der Waals surface area contributed by atoms with Gasteiger partial charge in [-0.3, -0.25) is 0 Å². The van der Waals surface area contributed by atoms with Crippen LogP contribution in [0.15, 0.2) is 34.9 Å². The number of amides is 2. The Kier molecular flexibility index (Phi) is 5.36. The number of nitrogens with zero attached hydrogens (tertiary/aromatic N) is 2. The smallest absolute Gasteiger partial charge is 0.318 e. The third kappa shape index (κ3) is 4.18. The molecule has 1 aromatic carbocycles. The summed E-state index contributed by atoms with van der Waals surface area (Å²) in [4.78, 5) is 14.4. The Morgan fingerprint density at radius 2 is 2.24 bits per heavy atom. The van der Waals surface area contributed by atoms with Crippen molar-refractivity contribution in [3.8, 4) is 0 Å². The van der Waals surface area contributed by atoms with Crippen LogP contribution in [0.2, 0.25) is 0 Å². The standard InChI is InChI=1S/C19H24FN3O2/c1-13(2)18-11-16(22-25-18)12-21-19(24)23-9-4-3-8-17(23)14-6-5-7-15(20)10-14/h5-7,10-11,13,17H,3-4,8-9,12H2,1-2H3,(H,21,24)/t17-/m0/s1. The van der Waals surface area contributed by atoms with Gasteiger partial charge in [0.15, 0.2) is 0 Å². The van der Waals surface area contributed by atoms with Crippen molar-refractivity contribution >= 4 is 6.03 Å². The van der Waals surface area contributed by atoms with Crippen LogP contribution in [0, 0.1) is 5.82 Å². The lowest BCUT2D eigenvalue weighted by Gasteiger charge is -2.36. The summed E-state index contributed by atoms with van der Waals surface area (Å²) >= 11 is 0. The lowest BCUT2D eigenvalue weighted by molar-refractivity contribution is 0.151. The van der Waals surface area contributed by atoms with E-state index >= 15 is 0 Å². The van der Waals surface area contributed by atoms with Crippen molar-refractivity contribution in [3.63, 3.8) is 0 Å². The Bertz CT molecular complexity index is 729. The highest BCUT2D eigenvalue weighted by Crippen LogP contribution is 2.31. The molecule has 1 N–H and O–H groups in total. The second kappa shape index (κ2) is 7.68. The number of likely N-dealkylation sites (tertiary alicyclic amines) is 1. The summed E-state index contributed by atoms with van der Waals surface area (Å²) in [7, 11) is 0. The highest BCUT2D eigenvalue weighted by atomic mass is 19.1. The molecule has 0 unspecified atom stereocenters. The molecule has 1 aromatic heterocycles. The molecule has 0 aliphatic carbocycles. The molecule has 0 bridgehead atoms. The number of nitrogens with one attached hydrogen (secondary N) is 1. The Balaban J connectivity index is 1.66. The molecule has 134 valence electrons. The number of urea groups is 1. The van der Waals surface area contributed by atoms with Gasteiger partial charge in [-0.1, -0.05) is 31.1 Å². The van der Waals surface area contributed by atoms with E-state index in [9.17, 15) is 9.18 Å². The lowest BCUT2D eigenvalue weighted by atomic mass is 9.95. The summed E-state index contributed by atoms with van der Waals surface area (Å²) in [6, 6.07) is 8.14. The summed E-state index contributed by atoms with van der Waals surface area (Å²) < 4.78 is 18.8. The maximum absolute atomic E-state index is 13.5. The van der Waals surface area contributed by atoms with Crippen molar-refractivity contribution in [3.05, 3.63) is 53.2 Å². The molecule has 25 heavy (non-hydrogen) atoms. The van der Waals surface area contributed by atoms with E-state index in [1.807, 2.05) is 26.0 Å². The van der Waals surface area contributed by atoms with Crippen molar-refractivity contribution in [1.82, 2.24) is 15.4 Å². The van der Waals surface area contributed by atoms with Gasteiger partial charge in [-0.2, -0.15) is 0 Å². The fourth-order valence-electron chi connectivity index (χ4n) is 3.19. The average Bonchev–Trinajstić information content (AvgIpc) is 3.09. The Labute approximate surface area is 147 Å². The summed E-state index contributed by atoms with van der Waals surface area (Å²) in [5, 5.41) is 6.89. The third-order valence-corrected chi connectivity index (χ3v) is 4.56. The summed E-state index contributed by atoms with van der Waals surface area (Å²) in [6.45, 7) is 5.05. The van der Waals surface area contributed by atoms with Gasteiger partial charge < -0.3 is 14.7 Å². The Hall–Kier alpha value is -2.37. The van der Waals surface area contributed by atoms with Gasteiger partial charge in [0.2, 0.25) is 0 Å². The first-order valence-corrected chi connectivity index (χ1v) is 8.80. The molecule has 0 saturated carbocycles. The van der Waals surface area contributed by atoms with E-state index in [2.05, 4.69) is 10.5 Å². The van der Waals surface area contributed by atoms with E-state index in [0.717, 1.165) is 30.6 Å². The normalized spacial score (nSPS) is 17.8. The van der Waals surface area contributed by atoms with Crippen LogP contribution >= 0.6 is 0 Å². The molecule has 1 aliphatic heterocycles. The Morgan fingerprint density at radius 3 is 2.96 bits per heavy atom. The van der Waals surface area contributed by atoms with Crippen molar-refractivity contribution in [2.45, 2.75) is 51.6 Å². The fraction of sp³-hybridized carbons (Fsp3) is 0.474. The number of halogens is 1. The fourth-order valence-corrected chi connectivity index (χ4v) is 3.19. The van der Waals surface area contributed by atoms with Crippen LogP contribution in [0.5, 0.6) is 0 Å². The van der Waals surface area contributed by atoms with Gasteiger partial charge in [-0.15, -0.1) is 0 Å². The molecule has 2 amide bonds. The molecule has 1 aliphatic rings. The first kappa shape index (κ1) is 17.5. The highest BCUT2D eigenvalue weighted by molar-refractivity contribution is 5.74. The molecular formula is C19H24FN3O2. The van der Waals surface area contributed by atoms with Gasteiger partial charge in [-0.25, -0.2) is 9.18 Å². The van der Waals surface area contributed by atoms with E-state index in [0.29, 0.717) is 18.8 Å². The van der Waals surface area contributed by atoms with Gasteiger partial charge in [-0.05, 0) is 37.0 Å². The molecule has 2 aromatic rings. The predicted octanol–water partition coefficient (Wildman–Crippen LogP) is 4.37. The monoisotopic (exact) mass is 345 g/mol. The van der Waals surface area contributed by atoms with E-state index in [1.165, 1.54) is 12.1 Å². The molecule has 1 saturated heterocycles. The second-order valence-electron chi connectivity index (χ2n) is 6.79. The van der Waals surface area contributed by atoms with Gasteiger partial charge in [0.25, 0.3) is 0 Å². The largest absolute Gasteiger partial charge is 0.361 e. The van der Waals surface area contributed by atoms with Crippen LogP contribution < -0.4 is 5.32 Å². The van der Waals surface area contributed by atoms with Crippen LogP contribution in [-0.2, 0) is 6.54 Å². The van der Waals surface area contributed by atoms with E-state index in [-0.39, 0.29) is 23.8 Å². The topological polar surface area (TPSA) is 58.4 Å². The number of aromatic nitrogens is 1. The summed E-state index contributed by atoms with van der Waals surface area (Å²) in [5.74, 6) is 0.795. The van der Waals surface area contributed by atoms with Crippen molar-refractivity contribution in [2.75, 3.05) is 6.54 Å². The minimum atomic E-state index is -0.271. The molecule has 2 heterocycles. The molecule has 0 radical (unpaired) electrons. The molecule has 0 spiro atoms. The van der Waals surface area contributed by atoms with Gasteiger partial charge in [0, 0.05) is 18.5 Å². The molecule has 5 nitrogen and oxygen atoms in total. The molecular weight excluding hydrogens is 321 g/mol. The third-order valence-electron chi connectivity index (χ3n) is 4.56. The molecule has 1 atom stereocenters. The zero-order chi connectivity index (χ0) is 17.8. The van der Waals surface area contributed by atoms with Gasteiger partial charge in [0.05, 0.1) is 12.6 Å². The van der Waals surface area contributed by atoms with Crippen molar-refractivity contribution in [2.24, 2.45) is 0 Å². The number of hydrogen-bond acceptors (Lipinski definition) is 3. The quantitative estimate of drug-likeness (QED) is 0.895. The van der Waals surface area contributed by atoms with Gasteiger partial charge in [0.1, 0.15) is 17.3 Å². The second-order valence-corrected chi connectivity index (χ2v) is 6.79. The summed E-state index contributed by atoms with van der Waals surface area (Å²) in [6.07, 6.45) is 2.84. The van der Waals surface area contributed by atoms with Crippen LogP contribution in [0.4, 0.5) is 9.18 Å². The Morgan fingerprint density at radius 1 is 1.40 bits per heavy atom.